The van der Waals surface area contributed by atoms with Crippen molar-refractivity contribution in [1.82, 2.24) is 9.80 Å². The average molecular weight is 297 g/mol. The zero-order valence-corrected chi connectivity index (χ0v) is 13.6. The van der Waals surface area contributed by atoms with E-state index in [1.54, 1.807) is 0 Å². The molecule has 2 rings (SSSR count). The molecule has 0 aromatic rings. The van der Waals surface area contributed by atoms with Gasteiger partial charge in [0.25, 0.3) is 0 Å². The lowest BCUT2D eigenvalue weighted by Crippen LogP contribution is -2.52. The van der Waals surface area contributed by atoms with E-state index in [4.69, 9.17) is 10.5 Å². The van der Waals surface area contributed by atoms with Crippen LogP contribution in [0.15, 0.2) is 0 Å². The second kappa shape index (κ2) is 8.11. The molecule has 5 heteroatoms. The lowest BCUT2D eigenvalue weighted by atomic mass is 9.95. The Kier molecular flexibility index (Phi) is 6.45. The van der Waals surface area contributed by atoms with Crippen LogP contribution in [-0.4, -0.2) is 67.7 Å². The van der Waals surface area contributed by atoms with Gasteiger partial charge in [0.2, 0.25) is 5.91 Å². The maximum absolute atomic E-state index is 12.5. The molecule has 0 saturated carbocycles. The van der Waals surface area contributed by atoms with Crippen LogP contribution < -0.4 is 5.73 Å². The molecule has 0 aromatic heterocycles. The summed E-state index contributed by atoms with van der Waals surface area (Å²) in [5.74, 6) is 0.765. The first-order valence-electron chi connectivity index (χ1n) is 8.43. The number of piperazine rings is 1. The molecule has 0 spiro atoms. The average Bonchev–Trinajstić information content (AvgIpc) is 2.97. The van der Waals surface area contributed by atoms with Crippen LogP contribution in [0, 0.1) is 11.8 Å². The van der Waals surface area contributed by atoms with Crippen molar-refractivity contribution in [1.29, 1.82) is 0 Å². The summed E-state index contributed by atoms with van der Waals surface area (Å²) in [6, 6.07) is 0. The third-order valence-corrected chi connectivity index (χ3v) is 4.56. The van der Waals surface area contributed by atoms with E-state index in [9.17, 15) is 4.79 Å². The van der Waals surface area contributed by atoms with E-state index in [0.29, 0.717) is 18.6 Å². The Bertz CT molecular complexity index is 321. The molecule has 122 valence electrons. The van der Waals surface area contributed by atoms with Crippen molar-refractivity contribution in [3.63, 3.8) is 0 Å². The van der Waals surface area contributed by atoms with E-state index >= 15 is 0 Å². The molecule has 2 saturated heterocycles. The highest BCUT2D eigenvalue weighted by Gasteiger charge is 2.28. The summed E-state index contributed by atoms with van der Waals surface area (Å²) < 4.78 is 5.69. The zero-order valence-electron chi connectivity index (χ0n) is 13.6. The lowest BCUT2D eigenvalue weighted by molar-refractivity contribution is -0.137. The van der Waals surface area contributed by atoms with E-state index < -0.39 is 0 Å². The highest BCUT2D eigenvalue weighted by molar-refractivity contribution is 5.79. The molecule has 2 aliphatic rings. The molecular formula is C16H31N3O2. The number of hydrogen-bond donors (Lipinski definition) is 1. The van der Waals surface area contributed by atoms with Gasteiger partial charge in [-0.2, -0.15) is 0 Å². The largest absolute Gasteiger partial charge is 0.377 e. The van der Waals surface area contributed by atoms with Crippen molar-refractivity contribution in [2.24, 2.45) is 17.6 Å². The number of rotatable bonds is 6. The fourth-order valence-electron chi connectivity index (χ4n) is 3.35. The minimum Gasteiger partial charge on any atom is -0.377 e. The number of nitrogens with zero attached hydrogens (tertiary/aromatic N) is 2. The molecule has 0 aliphatic carbocycles. The molecule has 2 aliphatic heterocycles. The molecule has 0 aromatic carbocycles. The van der Waals surface area contributed by atoms with Crippen LogP contribution >= 0.6 is 0 Å². The number of carbonyl (C=O) groups is 1. The number of nitrogens with two attached hydrogens (primary N) is 1. The lowest BCUT2D eigenvalue weighted by Gasteiger charge is -2.37. The molecule has 2 unspecified atom stereocenters. The van der Waals surface area contributed by atoms with Crippen molar-refractivity contribution in [3.05, 3.63) is 0 Å². The maximum atomic E-state index is 12.5. The predicted octanol–water partition coefficient (Wildman–Crippen LogP) is 0.931. The van der Waals surface area contributed by atoms with Crippen molar-refractivity contribution < 1.29 is 9.53 Å². The molecule has 5 nitrogen and oxygen atoms in total. The van der Waals surface area contributed by atoms with E-state index in [-0.39, 0.29) is 11.8 Å². The molecule has 1 amide bonds. The third-order valence-electron chi connectivity index (χ3n) is 4.56. The van der Waals surface area contributed by atoms with Crippen LogP contribution in [0.2, 0.25) is 0 Å². The molecule has 2 atom stereocenters. The van der Waals surface area contributed by atoms with Gasteiger partial charge in [0, 0.05) is 45.9 Å². The Labute approximate surface area is 128 Å². The van der Waals surface area contributed by atoms with Crippen LogP contribution in [-0.2, 0) is 9.53 Å². The second-order valence-corrected chi connectivity index (χ2v) is 6.82. The number of hydrogen-bond acceptors (Lipinski definition) is 4. The van der Waals surface area contributed by atoms with Gasteiger partial charge < -0.3 is 15.4 Å². The first-order valence-corrected chi connectivity index (χ1v) is 8.43. The minimum absolute atomic E-state index is 0.00489. The standard InChI is InChI=1S/C16H31N3O2/c1-13(2)10-14(11-17)16(20)19-7-5-18(6-8-19)12-15-4-3-9-21-15/h13-15H,3-12,17H2,1-2H3. The summed E-state index contributed by atoms with van der Waals surface area (Å²) in [7, 11) is 0. The third kappa shape index (κ3) is 4.94. The molecular weight excluding hydrogens is 266 g/mol. The minimum atomic E-state index is -0.00489. The molecule has 2 fully saturated rings. The molecule has 0 bridgehead atoms. The second-order valence-electron chi connectivity index (χ2n) is 6.82. The van der Waals surface area contributed by atoms with E-state index in [1.165, 1.54) is 12.8 Å². The number of carbonyl (C=O) groups excluding carboxylic acids is 1. The topological polar surface area (TPSA) is 58.8 Å². The normalized spacial score (nSPS) is 25.5. The van der Waals surface area contributed by atoms with Gasteiger partial charge in [-0.3, -0.25) is 9.69 Å². The van der Waals surface area contributed by atoms with Gasteiger partial charge >= 0.3 is 0 Å². The molecule has 0 radical (unpaired) electrons. The summed E-state index contributed by atoms with van der Waals surface area (Å²) in [6.07, 6.45) is 3.68. The van der Waals surface area contributed by atoms with Gasteiger partial charge in [0.1, 0.15) is 0 Å². The van der Waals surface area contributed by atoms with Gasteiger partial charge in [-0.25, -0.2) is 0 Å². The van der Waals surface area contributed by atoms with Gasteiger partial charge in [-0.05, 0) is 25.2 Å². The summed E-state index contributed by atoms with van der Waals surface area (Å²) in [4.78, 5) is 17.0. The van der Waals surface area contributed by atoms with Crippen molar-refractivity contribution in [2.75, 3.05) is 45.9 Å². The Balaban J connectivity index is 1.75. The van der Waals surface area contributed by atoms with Crippen molar-refractivity contribution in [2.45, 2.75) is 39.2 Å². The molecule has 2 N–H and O–H groups in total. The summed E-state index contributed by atoms with van der Waals surface area (Å²) in [5, 5.41) is 0. The Morgan fingerprint density at radius 1 is 1.29 bits per heavy atom. The fourth-order valence-corrected chi connectivity index (χ4v) is 3.35. The Hall–Kier alpha value is -0.650. The molecule has 21 heavy (non-hydrogen) atoms. The first kappa shape index (κ1) is 16.7. The molecule has 2 heterocycles. The summed E-state index contributed by atoms with van der Waals surface area (Å²) in [6.45, 7) is 10.3. The van der Waals surface area contributed by atoms with Crippen LogP contribution in [0.4, 0.5) is 0 Å². The van der Waals surface area contributed by atoms with E-state index in [1.807, 2.05) is 4.90 Å². The Morgan fingerprint density at radius 3 is 2.52 bits per heavy atom. The predicted molar refractivity (Wildman–Crippen MR) is 84.0 cm³/mol. The Morgan fingerprint density at radius 2 is 2.00 bits per heavy atom. The van der Waals surface area contributed by atoms with Crippen LogP contribution in [0.5, 0.6) is 0 Å². The highest BCUT2D eigenvalue weighted by Crippen LogP contribution is 2.17. The van der Waals surface area contributed by atoms with Gasteiger partial charge in [-0.15, -0.1) is 0 Å². The van der Waals surface area contributed by atoms with Gasteiger partial charge in [-0.1, -0.05) is 13.8 Å². The van der Waals surface area contributed by atoms with Crippen LogP contribution in [0.3, 0.4) is 0 Å². The maximum Gasteiger partial charge on any atom is 0.227 e. The monoisotopic (exact) mass is 297 g/mol. The zero-order chi connectivity index (χ0) is 15.2. The quantitative estimate of drug-likeness (QED) is 0.792. The van der Waals surface area contributed by atoms with Gasteiger partial charge in [0.15, 0.2) is 0 Å². The number of ether oxygens (including phenoxy) is 1. The summed E-state index contributed by atoms with van der Waals surface area (Å²) >= 11 is 0. The van der Waals surface area contributed by atoms with E-state index in [0.717, 1.165) is 45.8 Å². The fraction of sp³-hybridized carbons (Fsp3) is 0.938. The van der Waals surface area contributed by atoms with E-state index in [2.05, 4.69) is 18.7 Å². The SMILES string of the molecule is CC(C)CC(CN)C(=O)N1CCN(CC2CCCO2)CC1. The van der Waals surface area contributed by atoms with Gasteiger partial charge in [0.05, 0.1) is 12.0 Å². The van der Waals surface area contributed by atoms with Crippen molar-refractivity contribution in [3.8, 4) is 0 Å². The number of amides is 1. The van der Waals surface area contributed by atoms with Crippen LogP contribution in [0.25, 0.3) is 0 Å². The first-order chi connectivity index (χ1) is 10.1. The highest BCUT2D eigenvalue weighted by atomic mass is 16.5. The smallest absolute Gasteiger partial charge is 0.227 e. The van der Waals surface area contributed by atoms with Crippen molar-refractivity contribution >= 4 is 5.91 Å². The summed E-state index contributed by atoms with van der Waals surface area (Å²) in [5.41, 5.74) is 5.79. The van der Waals surface area contributed by atoms with Crippen LogP contribution in [0.1, 0.15) is 33.1 Å².